The summed E-state index contributed by atoms with van der Waals surface area (Å²) in [4.78, 5) is 11.5. The molecule has 0 bridgehead atoms. The van der Waals surface area contributed by atoms with Crippen molar-refractivity contribution in [2.45, 2.75) is 32.7 Å². The van der Waals surface area contributed by atoms with Crippen molar-refractivity contribution in [3.63, 3.8) is 0 Å². The Balaban J connectivity index is 1.90. The number of carboxylic acid groups (broad SMARTS) is 1. The fraction of sp³-hybridized carbons (Fsp3) is 0.294. The maximum absolute atomic E-state index is 11.5. The first-order chi connectivity index (χ1) is 11.3. The Labute approximate surface area is 139 Å². The van der Waals surface area contributed by atoms with E-state index in [9.17, 15) is 9.90 Å². The van der Waals surface area contributed by atoms with Crippen LogP contribution < -0.4 is 0 Å². The standard InChI is InChI=1S/C17H18N4O3/c1-17(2,3)13-9-12(16(22)23)21(20-13)10-14-18-19-15(24-14)11-7-5-4-6-8-11/h4-9H,10H2,1-3H3,(H,22,23). The van der Waals surface area contributed by atoms with E-state index < -0.39 is 5.97 Å². The van der Waals surface area contributed by atoms with Gasteiger partial charge in [-0.15, -0.1) is 10.2 Å². The van der Waals surface area contributed by atoms with E-state index in [1.54, 1.807) is 6.07 Å². The van der Waals surface area contributed by atoms with E-state index >= 15 is 0 Å². The van der Waals surface area contributed by atoms with E-state index in [0.29, 0.717) is 17.5 Å². The molecule has 7 nitrogen and oxygen atoms in total. The number of benzene rings is 1. The molecule has 24 heavy (non-hydrogen) atoms. The average Bonchev–Trinajstić information content (AvgIpc) is 3.15. The molecule has 1 aromatic carbocycles. The molecular weight excluding hydrogens is 308 g/mol. The number of aromatic carboxylic acids is 1. The van der Waals surface area contributed by atoms with E-state index in [0.717, 1.165) is 5.56 Å². The molecule has 3 rings (SSSR count). The lowest BCUT2D eigenvalue weighted by Gasteiger charge is -2.13. The summed E-state index contributed by atoms with van der Waals surface area (Å²) in [6.45, 7) is 6.04. The van der Waals surface area contributed by atoms with Gasteiger partial charge in [0.1, 0.15) is 12.2 Å². The van der Waals surface area contributed by atoms with E-state index in [1.807, 2.05) is 51.1 Å². The molecule has 0 spiro atoms. The highest BCUT2D eigenvalue weighted by molar-refractivity contribution is 5.85. The fourth-order valence-corrected chi connectivity index (χ4v) is 2.22. The van der Waals surface area contributed by atoms with Crippen LogP contribution in [0.3, 0.4) is 0 Å². The summed E-state index contributed by atoms with van der Waals surface area (Å²) in [6, 6.07) is 11.0. The molecule has 3 aromatic rings. The first-order valence-electron chi connectivity index (χ1n) is 7.54. The Bertz CT molecular complexity index is 860. The number of carbonyl (C=O) groups is 1. The van der Waals surface area contributed by atoms with Gasteiger partial charge in [0, 0.05) is 11.0 Å². The Morgan fingerprint density at radius 1 is 1.21 bits per heavy atom. The normalized spacial score (nSPS) is 11.6. The molecule has 0 aliphatic carbocycles. The van der Waals surface area contributed by atoms with Gasteiger partial charge < -0.3 is 9.52 Å². The van der Waals surface area contributed by atoms with Gasteiger partial charge in [0.05, 0.1) is 5.69 Å². The SMILES string of the molecule is CC(C)(C)c1cc(C(=O)O)n(Cc2nnc(-c3ccccc3)o2)n1. The second-order valence-electron chi connectivity index (χ2n) is 6.49. The van der Waals surface area contributed by atoms with Crippen LogP contribution in [0.25, 0.3) is 11.5 Å². The van der Waals surface area contributed by atoms with Gasteiger partial charge in [0.15, 0.2) is 0 Å². The van der Waals surface area contributed by atoms with Crippen molar-refractivity contribution in [1.82, 2.24) is 20.0 Å². The van der Waals surface area contributed by atoms with Gasteiger partial charge in [-0.3, -0.25) is 0 Å². The summed E-state index contributed by atoms with van der Waals surface area (Å²) >= 11 is 0. The number of rotatable bonds is 4. The number of hydrogen-bond acceptors (Lipinski definition) is 5. The molecule has 0 saturated carbocycles. The zero-order valence-electron chi connectivity index (χ0n) is 13.7. The van der Waals surface area contributed by atoms with Crippen molar-refractivity contribution >= 4 is 5.97 Å². The molecule has 124 valence electrons. The Morgan fingerprint density at radius 3 is 2.54 bits per heavy atom. The van der Waals surface area contributed by atoms with Crippen molar-refractivity contribution in [1.29, 1.82) is 0 Å². The Kier molecular flexibility index (Phi) is 3.92. The first-order valence-corrected chi connectivity index (χ1v) is 7.54. The van der Waals surface area contributed by atoms with Gasteiger partial charge in [-0.2, -0.15) is 5.10 Å². The minimum Gasteiger partial charge on any atom is -0.477 e. The molecule has 0 radical (unpaired) electrons. The fourth-order valence-electron chi connectivity index (χ4n) is 2.22. The summed E-state index contributed by atoms with van der Waals surface area (Å²) in [7, 11) is 0. The number of hydrogen-bond donors (Lipinski definition) is 1. The van der Waals surface area contributed by atoms with Crippen molar-refractivity contribution in [3.8, 4) is 11.5 Å². The summed E-state index contributed by atoms with van der Waals surface area (Å²) < 4.78 is 7.01. The van der Waals surface area contributed by atoms with Gasteiger partial charge >= 0.3 is 5.97 Å². The number of carboxylic acids is 1. The third-order valence-electron chi connectivity index (χ3n) is 3.54. The molecule has 1 N–H and O–H groups in total. The van der Waals surface area contributed by atoms with Crippen LogP contribution in [0.2, 0.25) is 0 Å². The maximum atomic E-state index is 11.5. The number of aromatic nitrogens is 4. The molecule has 0 aliphatic rings. The van der Waals surface area contributed by atoms with Crippen LogP contribution in [0.4, 0.5) is 0 Å². The molecule has 2 aromatic heterocycles. The van der Waals surface area contributed by atoms with Crippen LogP contribution >= 0.6 is 0 Å². The lowest BCUT2D eigenvalue weighted by atomic mass is 9.92. The van der Waals surface area contributed by atoms with Crippen molar-refractivity contribution in [2.75, 3.05) is 0 Å². The van der Waals surface area contributed by atoms with Gasteiger partial charge in [-0.25, -0.2) is 9.48 Å². The molecule has 7 heteroatoms. The molecule has 0 aliphatic heterocycles. The third-order valence-corrected chi connectivity index (χ3v) is 3.54. The molecule has 0 fully saturated rings. The highest BCUT2D eigenvalue weighted by Crippen LogP contribution is 2.23. The molecule has 0 saturated heterocycles. The highest BCUT2D eigenvalue weighted by atomic mass is 16.4. The van der Waals surface area contributed by atoms with Crippen molar-refractivity contribution < 1.29 is 14.3 Å². The van der Waals surface area contributed by atoms with Gasteiger partial charge in [0.2, 0.25) is 11.8 Å². The molecule has 2 heterocycles. The van der Waals surface area contributed by atoms with Crippen LogP contribution in [0.1, 0.15) is 42.8 Å². The quantitative estimate of drug-likeness (QED) is 0.792. The van der Waals surface area contributed by atoms with Gasteiger partial charge in [0.25, 0.3) is 0 Å². The molecule has 0 atom stereocenters. The minimum atomic E-state index is -1.04. The van der Waals surface area contributed by atoms with Crippen LogP contribution in [0, 0.1) is 0 Å². The predicted octanol–water partition coefficient (Wildman–Crippen LogP) is 2.98. The van der Waals surface area contributed by atoms with Crippen molar-refractivity contribution in [3.05, 3.63) is 53.7 Å². The highest BCUT2D eigenvalue weighted by Gasteiger charge is 2.23. The zero-order valence-corrected chi connectivity index (χ0v) is 13.7. The van der Waals surface area contributed by atoms with E-state index in [-0.39, 0.29) is 17.7 Å². The van der Waals surface area contributed by atoms with Crippen LogP contribution in [-0.2, 0) is 12.0 Å². The largest absolute Gasteiger partial charge is 0.477 e. The summed E-state index contributed by atoms with van der Waals surface area (Å²) in [6.07, 6.45) is 0. The molecule has 0 amide bonds. The predicted molar refractivity (Wildman–Crippen MR) is 86.7 cm³/mol. The lowest BCUT2D eigenvalue weighted by molar-refractivity contribution is 0.0683. The Hall–Kier alpha value is -2.96. The summed E-state index contributed by atoms with van der Waals surface area (Å²) in [5.41, 5.74) is 1.35. The van der Waals surface area contributed by atoms with Crippen LogP contribution in [0.5, 0.6) is 0 Å². The second kappa shape index (κ2) is 5.92. The summed E-state index contributed by atoms with van der Waals surface area (Å²) in [5.74, 6) is -0.341. The van der Waals surface area contributed by atoms with E-state index in [4.69, 9.17) is 4.42 Å². The third kappa shape index (κ3) is 3.19. The van der Waals surface area contributed by atoms with E-state index in [1.165, 1.54) is 4.68 Å². The van der Waals surface area contributed by atoms with Crippen molar-refractivity contribution in [2.24, 2.45) is 0 Å². The van der Waals surface area contributed by atoms with Gasteiger partial charge in [-0.05, 0) is 18.2 Å². The van der Waals surface area contributed by atoms with Crippen LogP contribution in [-0.4, -0.2) is 31.1 Å². The number of nitrogens with zero attached hydrogens (tertiary/aromatic N) is 4. The zero-order chi connectivity index (χ0) is 17.3. The smallest absolute Gasteiger partial charge is 0.354 e. The maximum Gasteiger partial charge on any atom is 0.354 e. The summed E-state index contributed by atoms with van der Waals surface area (Å²) in [5, 5.41) is 21.8. The topological polar surface area (TPSA) is 94.0 Å². The Morgan fingerprint density at radius 2 is 1.92 bits per heavy atom. The first kappa shape index (κ1) is 15.9. The monoisotopic (exact) mass is 326 g/mol. The lowest BCUT2D eigenvalue weighted by Crippen LogP contribution is -2.14. The molecule has 0 unspecified atom stereocenters. The van der Waals surface area contributed by atoms with Gasteiger partial charge in [-0.1, -0.05) is 39.0 Å². The minimum absolute atomic E-state index is 0.0967. The molecular formula is C17H18N4O3. The van der Waals surface area contributed by atoms with Crippen LogP contribution in [0.15, 0.2) is 40.8 Å². The second-order valence-corrected chi connectivity index (χ2v) is 6.49. The average molecular weight is 326 g/mol. The van der Waals surface area contributed by atoms with E-state index in [2.05, 4.69) is 15.3 Å².